The van der Waals surface area contributed by atoms with E-state index in [9.17, 15) is 13.2 Å². The number of hydrogen-bond acceptors (Lipinski definition) is 3. The summed E-state index contributed by atoms with van der Waals surface area (Å²) in [6.45, 7) is 11.8. The van der Waals surface area contributed by atoms with Crippen LogP contribution in [0.3, 0.4) is 0 Å². The Morgan fingerprint density at radius 1 is 1.07 bits per heavy atom. The van der Waals surface area contributed by atoms with Crippen LogP contribution in [0, 0.1) is 13.8 Å². The maximum Gasteiger partial charge on any atom is 0.241 e. The summed E-state index contributed by atoms with van der Waals surface area (Å²) in [6, 6.07) is 13.5. The number of benzene rings is 2. The van der Waals surface area contributed by atoms with E-state index in [1.54, 1.807) is 6.07 Å². The van der Waals surface area contributed by atoms with Gasteiger partial charge < -0.3 is 5.32 Å². The molecule has 2 aromatic carbocycles. The number of carbonyl (C=O) groups is 1. The van der Waals surface area contributed by atoms with Gasteiger partial charge in [-0.2, -0.15) is 0 Å². The SMILES string of the molecule is Cc1ccc(C)c(N(CC(=O)N[C@@H](C)c2ccc(C(C)(C)C)cc2)S(C)(=O)=O)c1. The van der Waals surface area contributed by atoms with Crippen LogP contribution >= 0.6 is 0 Å². The van der Waals surface area contributed by atoms with Gasteiger partial charge in [0.15, 0.2) is 0 Å². The van der Waals surface area contributed by atoms with Crippen molar-refractivity contribution in [3.05, 3.63) is 64.7 Å². The average Bonchev–Trinajstić information content (AvgIpc) is 2.60. The second kappa shape index (κ2) is 8.57. The molecule has 0 spiro atoms. The second-order valence-electron chi connectivity index (χ2n) is 8.72. The molecule has 0 aliphatic carbocycles. The van der Waals surface area contributed by atoms with Crippen LogP contribution in [-0.2, 0) is 20.2 Å². The largest absolute Gasteiger partial charge is 0.348 e. The van der Waals surface area contributed by atoms with Crippen LogP contribution < -0.4 is 9.62 Å². The first-order chi connectivity index (χ1) is 13.3. The molecule has 0 radical (unpaired) electrons. The van der Waals surface area contributed by atoms with Crippen molar-refractivity contribution in [2.75, 3.05) is 17.1 Å². The molecular formula is C23H32N2O3S. The van der Waals surface area contributed by atoms with Crippen LogP contribution in [-0.4, -0.2) is 27.1 Å². The van der Waals surface area contributed by atoms with E-state index >= 15 is 0 Å². The lowest BCUT2D eigenvalue weighted by Crippen LogP contribution is -2.41. The number of anilines is 1. The first-order valence-electron chi connectivity index (χ1n) is 9.74. The number of amides is 1. The Morgan fingerprint density at radius 2 is 1.66 bits per heavy atom. The first kappa shape index (κ1) is 22.9. The van der Waals surface area contributed by atoms with Crippen molar-refractivity contribution in [2.45, 2.75) is 53.0 Å². The van der Waals surface area contributed by atoms with Gasteiger partial charge in [0.1, 0.15) is 6.54 Å². The van der Waals surface area contributed by atoms with E-state index in [2.05, 4.69) is 38.2 Å². The van der Waals surface area contributed by atoms with E-state index in [1.807, 2.05) is 45.0 Å². The minimum atomic E-state index is -3.60. The molecule has 0 unspecified atom stereocenters. The Hall–Kier alpha value is -2.34. The van der Waals surface area contributed by atoms with Gasteiger partial charge in [0, 0.05) is 0 Å². The Bertz CT molecular complexity index is 974. The molecule has 0 saturated carbocycles. The number of sulfonamides is 1. The first-order valence-corrected chi connectivity index (χ1v) is 11.6. The van der Waals surface area contributed by atoms with E-state index in [0.29, 0.717) is 5.69 Å². The minimum Gasteiger partial charge on any atom is -0.348 e. The third-order valence-electron chi connectivity index (χ3n) is 4.98. The van der Waals surface area contributed by atoms with Gasteiger partial charge in [0.2, 0.25) is 15.9 Å². The van der Waals surface area contributed by atoms with Crippen LogP contribution in [0.4, 0.5) is 5.69 Å². The smallest absolute Gasteiger partial charge is 0.241 e. The summed E-state index contributed by atoms with van der Waals surface area (Å²) < 4.78 is 25.9. The molecule has 0 bridgehead atoms. The van der Waals surface area contributed by atoms with Crippen LogP contribution in [0.2, 0.25) is 0 Å². The van der Waals surface area contributed by atoms with Crippen molar-refractivity contribution in [1.29, 1.82) is 0 Å². The number of nitrogens with one attached hydrogen (secondary N) is 1. The highest BCUT2D eigenvalue weighted by molar-refractivity contribution is 7.92. The monoisotopic (exact) mass is 416 g/mol. The molecule has 6 heteroatoms. The highest BCUT2D eigenvalue weighted by atomic mass is 32.2. The Kier molecular flexibility index (Phi) is 6.78. The number of carbonyl (C=O) groups excluding carboxylic acids is 1. The molecule has 5 nitrogen and oxygen atoms in total. The molecule has 0 heterocycles. The van der Waals surface area contributed by atoms with Gasteiger partial charge in [-0.25, -0.2) is 8.42 Å². The standard InChI is InChI=1S/C23H32N2O3S/c1-16-8-9-17(2)21(14-16)25(29(7,27)28)15-22(26)24-18(3)19-10-12-20(13-11-19)23(4,5)6/h8-14,18H,15H2,1-7H3,(H,24,26)/t18-/m0/s1. The zero-order valence-corrected chi connectivity index (χ0v) is 19.2. The van der Waals surface area contributed by atoms with Crippen LogP contribution in [0.1, 0.15) is 56.0 Å². The second-order valence-corrected chi connectivity index (χ2v) is 10.6. The molecule has 0 aliphatic rings. The molecule has 158 valence electrons. The molecular weight excluding hydrogens is 384 g/mol. The fraction of sp³-hybridized carbons (Fsp3) is 0.435. The normalized spacial score (nSPS) is 13.1. The molecule has 2 rings (SSSR count). The van der Waals surface area contributed by atoms with E-state index < -0.39 is 10.0 Å². The van der Waals surface area contributed by atoms with Gasteiger partial charge in [-0.1, -0.05) is 57.2 Å². The molecule has 1 amide bonds. The summed E-state index contributed by atoms with van der Waals surface area (Å²) in [6.07, 6.45) is 1.12. The van der Waals surface area contributed by atoms with Gasteiger partial charge in [0.05, 0.1) is 18.0 Å². The number of hydrogen-bond donors (Lipinski definition) is 1. The number of rotatable bonds is 6. The number of aryl methyl sites for hydroxylation is 2. The van der Waals surface area contributed by atoms with Crippen molar-refractivity contribution in [2.24, 2.45) is 0 Å². The average molecular weight is 417 g/mol. The topological polar surface area (TPSA) is 66.5 Å². The lowest BCUT2D eigenvalue weighted by Gasteiger charge is -2.25. The quantitative estimate of drug-likeness (QED) is 0.766. The van der Waals surface area contributed by atoms with Crippen molar-refractivity contribution >= 4 is 21.6 Å². The van der Waals surface area contributed by atoms with Gasteiger partial charge in [0.25, 0.3) is 0 Å². The number of nitrogens with zero attached hydrogens (tertiary/aromatic N) is 1. The predicted octanol–water partition coefficient (Wildman–Crippen LogP) is 4.24. The molecule has 1 N–H and O–H groups in total. The summed E-state index contributed by atoms with van der Waals surface area (Å²) in [5, 5.41) is 2.92. The highest BCUT2D eigenvalue weighted by Gasteiger charge is 2.23. The fourth-order valence-electron chi connectivity index (χ4n) is 3.14. The molecule has 0 aromatic heterocycles. The lowest BCUT2D eigenvalue weighted by atomic mass is 9.86. The van der Waals surface area contributed by atoms with Crippen molar-refractivity contribution in [3.8, 4) is 0 Å². The lowest BCUT2D eigenvalue weighted by molar-refractivity contribution is -0.120. The maximum absolute atomic E-state index is 12.7. The summed E-state index contributed by atoms with van der Waals surface area (Å²) in [5.41, 5.74) is 4.53. The van der Waals surface area contributed by atoms with E-state index in [0.717, 1.165) is 22.9 Å². The highest BCUT2D eigenvalue weighted by Crippen LogP contribution is 2.25. The molecule has 29 heavy (non-hydrogen) atoms. The van der Waals surface area contributed by atoms with Crippen molar-refractivity contribution in [3.63, 3.8) is 0 Å². The van der Waals surface area contributed by atoms with Crippen molar-refractivity contribution in [1.82, 2.24) is 5.32 Å². The fourth-order valence-corrected chi connectivity index (χ4v) is 4.05. The van der Waals surface area contributed by atoms with Gasteiger partial charge in [-0.15, -0.1) is 0 Å². The molecule has 2 aromatic rings. The van der Waals surface area contributed by atoms with Gasteiger partial charge >= 0.3 is 0 Å². The van der Waals surface area contributed by atoms with Crippen LogP contribution in [0.15, 0.2) is 42.5 Å². The van der Waals surface area contributed by atoms with E-state index in [-0.39, 0.29) is 23.9 Å². The van der Waals surface area contributed by atoms with E-state index in [4.69, 9.17) is 0 Å². The van der Waals surface area contributed by atoms with Gasteiger partial charge in [-0.05, 0) is 54.5 Å². The van der Waals surface area contributed by atoms with E-state index in [1.165, 1.54) is 9.87 Å². The zero-order chi connectivity index (χ0) is 22.0. The summed E-state index contributed by atoms with van der Waals surface area (Å²) in [5.74, 6) is -0.344. The Labute approximate surface area is 175 Å². The molecule has 0 saturated heterocycles. The maximum atomic E-state index is 12.7. The summed E-state index contributed by atoms with van der Waals surface area (Å²) in [7, 11) is -3.60. The molecule has 1 atom stereocenters. The molecule has 0 fully saturated rings. The van der Waals surface area contributed by atoms with Crippen molar-refractivity contribution < 1.29 is 13.2 Å². The zero-order valence-electron chi connectivity index (χ0n) is 18.4. The molecule has 0 aliphatic heterocycles. The van der Waals surface area contributed by atoms with Crippen LogP contribution in [0.25, 0.3) is 0 Å². The Balaban J connectivity index is 2.17. The summed E-state index contributed by atoms with van der Waals surface area (Å²) in [4.78, 5) is 12.7. The Morgan fingerprint density at radius 3 is 2.17 bits per heavy atom. The summed E-state index contributed by atoms with van der Waals surface area (Å²) >= 11 is 0. The third kappa shape index (κ3) is 6.07. The third-order valence-corrected chi connectivity index (χ3v) is 6.10. The van der Waals surface area contributed by atoms with Gasteiger partial charge in [-0.3, -0.25) is 9.10 Å². The predicted molar refractivity (Wildman–Crippen MR) is 120 cm³/mol. The van der Waals surface area contributed by atoms with Crippen LogP contribution in [0.5, 0.6) is 0 Å². The minimum absolute atomic E-state index is 0.0622.